The van der Waals surface area contributed by atoms with Crippen LogP contribution in [0.3, 0.4) is 0 Å². The molecule has 1 aliphatic rings. The third kappa shape index (κ3) is 1.88. The molecule has 0 amide bonds. The number of benzene rings is 1. The SMILES string of the molecule is N#Cc1c[nH]c2ccc3c(c2c1=O)CCS3.O.O.[HH]. The smallest absolute Gasteiger partial charge is 0.207 e. The van der Waals surface area contributed by atoms with E-state index in [1.54, 1.807) is 11.8 Å². The van der Waals surface area contributed by atoms with Crippen molar-refractivity contribution in [3.8, 4) is 6.07 Å². The van der Waals surface area contributed by atoms with Crippen molar-refractivity contribution in [1.82, 2.24) is 4.98 Å². The van der Waals surface area contributed by atoms with Gasteiger partial charge in [0.2, 0.25) is 5.43 Å². The van der Waals surface area contributed by atoms with Gasteiger partial charge in [0, 0.05) is 23.8 Å². The van der Waals surface area contributed by atoms with Crippen LogP contribution in [0, 0.1) is 11.3 Å². The van der Waals surface area contributed by atoms with Crippen molar-refractivity contribution < 1.29 is 12.4 Å². The van der Waals surface area contributed by atoms with Crippen LogP contribution in [-0.2, 0) is 6.42 Å². The van der Waals surface area contributed by atoms with E-state index in [4.69, 9.17) is 5.26 Å². The normalized spacial score (nSPS) is 12.2. The maximum atomic E-state index is 12.1. The Kier molecular flexibility index (Phi) is 4.14. The number of hydrogen-bond acceptors (Lipinski definition) is 3. The van der Waals surface area contributed by atoms with Gasteiger partial charge in [-0.2, -0.15) is 5.26 Å². The summed E-state index contributed by atoms with van der Waals surface area (Å²) < 4.78 is 0. The minimum absolute atomic E-state index is 0. The Morgan fingerprint density at radius 1 is 1.39 bits per heavy atom. The van der Waals surface area contributed by atoms with E-state index >= 15 is 0 Å². The van der Waals surface area contributed by atoms with Gasteiger partial charge in [0.1, 0.15) is 11.6 Å². The molecule has 3 rings (SSSR count). The first kappa shape index (κ1) is 14.3. The lowest BCUT2D eigenvalue weighted by molar-refractivity contribution is 0.823. The lowest BCUT2D eigenvalue weighted by atomic mass is 10.0. The van der Waals surface area contributed by atoms with Crippen LogP contribution in [0.5, 0.6) is 0 Å². The zero-order chi connectivity index (χ0) is 11.1. The van der Waals surface area contributed by atoms with Gasteiger partial charge in [-0.05, 0) is 24.1 Å². The van der Waals surface area contributed by atoms with E-state index in [0.29, 0.717) is 5.39 Å². The van der Waals surface area contributed by atoms with Crippen molar-refractivity contribution in [3.63, 3.8) is 0 Å². The maximum Gasteiger partial charge on any atom is 0.207 e. The molecule has 0 aliphatic carbocycles. The quantitative estimate of drug-likeness (QED) is 0.753. The molecule has 0 spiro atoms. The summed E-state index contributed by atoms with van der Waals surface area (Å²) in [6.45, 7) is 0. The minimum Gasteiger partial charge on any atom is -0.412 e. The first-order valence-electron chi connectivity index (χ1n) is 5.01. The Morgan fingerprint density at radius 2 is 2.17 bits per heavy atom. The van der Waals surface area contributed by atoms with E-state index in [1.165, 1.54) is 11.1 Å². The molecule has 1 aromatic heterocycles. The largest absolute Gasteiger partial charge is 0.412 e. The summed E-state index contributed by atoms with van der Waals surface area (Å²) in [5, 5.41) is 9.55. The van der Waals surface area contributed by atoms with Gasteiger partial charge >= 0.3 is 0 Å². The van der Waals surface area contributed by atoms with Gasteiger partial charge in [-0.25, -0.2) is 0 Å². The first-order valence-corrected chi connectivity index (χ1v) is 6.00. The van der Waals surface area contributed by atoms with Crippen molar-refractivity contribution in [2.24, 2.45) is 0 Å². The fourth-order valence-corrected chi connectivity index (χ4v) is 3.16. The Morgan fingerprint density at radius 3 is 2.89 bits per heavy atom. The number of H-pyrrole nitrogens is 1. The van der Waals surface area contributed by atoms with Crippen LogP contribution in [-0.4, -0.2) is 21.7 Å². The molecular formula is C12H14N2O3S. The van der Waals surface area contributed by atoms with Crippen molar-refractivity contribution in [3.05, 3.63) is 39.7 Å². The monoisotopic (exact) mass is 266 g/mol. The second-order valence-corrected chi connectivity index (χ2v) is 4.84. The third-order valence-electron chi connectivity index (χ3n) is 2.84. The number of nitrogens with zero attached hydrogens (tertiary/aromatic N) is 1. The highest BCUT2D eigenvalue weighted by atomic mass is 32.2. The van der Waals surface area contributed by atoms with Gasteiger partial charge in [0.05, 0.1) is 5.39 Å². The molecule has 0 atom stereocenters. The molecule has 2 heterocycles. The molecule has 5 nitrogen and oxygen atoms in total. The number of aromatic nitrogens is 1. The van der Waals surface area contributed by atoms with Crippen molar-refractivity contribution in [1.29, 1.82) is 5.26 Å². The molecule has 0 unspecified atom stereocenters. The second kappa shape index (κ2) is 5.23. The lowest BCUT2D eigenvalue weighted by Gasteiger charge is -2.03. The standard InChI is InChI=1S/C12H8N2OS.2H2O.H2/c13-5-7-6-14-9-1-2-10-8(3-4-16-10)11(9)12(7)15;;;/h1-2,6H,3-4H2,(H,14,15);2*1H2;1H. The molecule has 0 bridgehead atoms. The number of fused-ring (bicyclic) bond motifs is 3. The number of nitrogens with one attached hydrogen (secondary N) is 1. The molecule has 18 heavy (non-hydrogen) atoms. The molecule has 2 aromatic rings. The molecule has 0 saturated carbocycles. The number of aryl methyl sites for hydroxylation is 1. The number of hydrogen-bond donors (Lipinski definition) is 1. The van der Waals surface area contributed by atoms with Gasteiger partial charge in [0.15, 0.2) is 0 Å². The fraction of sp³-hybridized carbons (Fsp3) is 0.167. The number of rotatable bonds is 0. The van der Waals surface area contributed by atoms with Crippen LogP contribution in [0.15, 0.2) is 28.0 Å². The zero-order valence-electron chi connectivity index (χ0n) is 9.41. The fourth-order valence-electron chi connectivity index (χ4n) is 2.09. The molecule has 1 aromatic carbocycles. The highest BCUT2D eigenvalue weighted by Gasteiger charge is 2.17. The molecule has 5 N–H and O–H groups in total. The molecule has 96 valence electrons. The number of aromatic amines is 1. The number of pyridine rings is 1. The van der Waals surface area contributed by atoms with Crippen LogP contribution in [0.1, 0.15) is 12.6 Å². The average molecular weight is 266 g/mol. The van der Waals surface area contributed by atoms with E-state index < -0.39 is 0 Å². The van der Waals surface area contributed by atoms with E-state index in [2.05, 4.69) is 4.98 Å². The summed E-state index contributed by atoms with van der Waals surface area (Å²) >= 11 is 1.77. The lowest BCUT2D eigenvalue weighted by Crippen LogP contribution is -2.09. The summed E-state index contributed by atoms with van der Waals surface area (Å²) in [6, 6.07) is 5.88. The number of nitriles is 1. The predicted molar refractivity (Wildman–Crippen MR) is 73.1 cm³/mol. The van der Waals surface area contributed by atoms with Crippen molar-refractivity contribution in [2.45, 2.75) is 11.3 Å². The second-order valence-electron chi connectivity index (χ2n) is 3.71. The van der Waals surface area contributed by atoms with E-state index in [9.17, 15) is 4.79 Å². The van der Waals surface area contributed by atoms with Crippen LogP contribution in [0.4, 0.5) is 0 Å². The summed E-state index contributed by atoms with van der Waals surface area (Å²) in [4.78, 5) is 16.3. The molecular weight excluding hydrogens is 252 g/mol. The summed E-state index contributed by atoms with van der Waals surface area (Å²) in [7, 11) is 0. The molecule has 6 heteroatoms. The Labute approximate surface area is 109 Å². The molecule has 1 aliphatic heterocycles. The molecule has 0 radical (unpaired) electrons. The van der Waals surface area contributed by atoms with Gasteiger partial charge in [0.25, 0.3) is 0 Å². The van der Waals surface area contributed by atoms with Crippen LogP contribution < -0.4 is 5.43 Å². The zero-order valence-corrected chi connectivity index (χ0v) is 10.2. The minimum atomic E-state index is -0.143. The maximum absolute atomic E-state index is 12.1. The Hall–Kier alpha value is -1.81. The van der Waals surface area contributed by atoms with Crippen molar-refractivity contribution >= 4 is 22.7 Å². The van der Waals surface area contributed by atoms with Crippen LogP contribution in [0.25, 0.3) is 10.9 Å². The average Bonchev–Trinajstić information content (AvgIpc) is 2.77. The number of thioether (sulfide) groups is 1. The van der Waals surface area contributed by atoms with Crippen molar-refractivity contribution in [2.75, 3.05) is 5.75 Å². The summed E-state index contributed by atoms with van der Waals surface area (Å²) in [5.41, 5.74) is 1.97. The summed E-state index contributed by atoms with van der Waals surface area (Å²) in [6.07, 6.45) is 2.40. The highest BCUT2D eigenvalue weighted by molar-refractivity contribution is 7.99. The highest BCUT2D eigenvalue weighted by Crippen LogP contribution is 2.34. The predicted octanol–water partition coefficient (Wildman–Crippen LogP) is 0.645. The van der Waals surface area contributed by atoms with Gasteiger partial charge in [-0.15, -0.1) is 11.8 Å². The van der Waals surface area contributed by atoms with E-state index in [0.717, 1.165) is 23.3 Å². The first-order chi connectivity index (χ1) is 7.81. The van der Waals surface area contributed by atoms with E-state index in [1.807, 2.05) is 18.2 Å². The van der Waals surface area contributed by atoms with Gasteiger partial charge < -0.3 is 15.9 Å². The Bertz CT molecular complexity index is 694. The van der Waals surface area contributed by atoms with Crippen LogP contribution >= 0.6 is 11.8 Å². The molecule has 0 fully saturated rings. The van der Waals surface area contributed by atoms with Crippen LogP contribution in [0.2, 0.25) is 0 Å². The summed E-state index contributed by atoms with van der Waals surface area (Å²) in [5.74, 6) is 1.02. The van der Waals surface area contributed by atoms with Gasteiger partial charge in [-0.3, -0.25) is 4.79 Å². The van der Waals surface area contributed by atoms with Gasteiger partial charge in [-0.1, -0.05) is 0 Å². The third-order valence-corrected chi connectivity index (χ3v) is 3.95. The van der Waals surface area contributed by atoms with E-state index in [-0.39, 0.29) is 23.4 Å². The topological polar surface area (TPSA) is 120 Å². The Balaban J connectivity index is 0.00000108. The molecule has 0 saturated heterocycles.